The van der Waals surface area contributed by atoms with E-state index in [-0.39, 0.29) is 22.6 Å². The van der Waals surface area contributed by atoms with E-state index < -0.39 is 71.7 Å². The van der Waals surface area contributed by atoms with E-state index in [0.29, 0.717) is 33.0 Å². The molecule has 3 heterocycles. The van der Waals surface area contributed by atoms with Crippen LogP contribution in [0.4, 0.5) is 46.5 Å². The number of anilines is 2. The second-order valence-corrected chi connectivity index (χ2v) is 16.6. The lowest BCUT2D eigenvalue weighted by molar-refractivity contribution is -0.141. The molecule has 0 radical (unpaired) electrons. The summed E-state index contributed by atoms with van der Waals surface area (Å²) >= 11 is 6.27. The molecule has 3 amide bonds. The summed E-state index contributed by atoms with van der Waals surface area (Å²) in [4.78, 5) is 43.7. The van der Waals surface area contributed by atoms with E-state index in [4.69, 9.17) is 16.3 Å². The Bertz CT molecular complexity index is 3050. The number of aryl methyl sites for hydroxylation is 6. The van der Waals surface area contributed by atoms with E-state index in [1.165, 1.54) is 61.2 Å². The first-order chi connectivity index (χ1) is 33.9. The zero-order valence-electron chi connectivity index (χ0n) is 39.8. The highest BCUT2D eigenvalue weighted by Gasteiger charge is 2.38. The number of halogens is 9. The molecule has 22 heteroatoms. The van der Waals surface area contributed by atoms with Gasteiger partial charge in [0.25, 0.3) is 30.6 Å². The molecule has 4 aromatic carbocycles. The third-order valence-corrected chi connectivity index (χ3v) is 10.9. The average molecular weight is 1030 g/mol. The van der Waals surface area contributed by atoms with Gasteiger partial charge in [0.15, 0.2) is 11.4 Å². The Labute approximate surface area is 413 Å². The number of aromatic nitrogens is 6. The topological polar surface area (TPSA) is 158 Å². The van der Waals surface area contributed by atoms with Gasteiger partial charge in [-0.2, -0.15) is 23.4 Å². The minimum atomic E-state index is -4.81. The Hall–Kier alpha value is -7.52. The summed E-state index contributed by atoms with van der Waals surface area (Å²) in [5.41, 5.74) is 2.56. The van der Waals surface area contributed by atoms with Crippen molar-refractivity contribution >= 4 is 40.7 Å². The van der Waals surface area contributed by atoms with Crippen LogP contribution in [0, 0.1) is 33.5 Å². The van der Waals surface area contributed by atoms with Gasteiger partial charge in [0, 0.05) is 73.5 Å². The van der Waals surface area contributed by atoms with Gasteiger partial charge in [0.1, 0.15) is 23.3 Å². The largest absolute Gasteiger partial charge is 0.435 e. The van der Waals surface area contributed by atoms with Crippen LogP contribution in [0.3, 0.4) is 0 Å². The number of carbonyl (C=O) groups excluding carboxylic acids is 3. The first kappa shape index (κ1) is 55.4. The van der Waals surface area contributed by atoms with Gasteiger partial charge in [-0.3, -0.25) is 23.7 Å². The van der Waals surface area contributed by atoms with Crippen molar-refractivity contribution in [2.75, 3.05) is 17.7 Å². The molecule has 2 atom stereocenters. The van der Waals surface area contributed by atoms with Crippen LogP contribution in [0.15, 0.2) is 104 Å². The van der Waals surface area contributed by atoms with Crippen molar-refractivity contribution in [1.82, 2.24) is 34.8 Å². The Morgan fingerprint density at radius 3 is 1.83 bits per heavy atom. The van der Waals surface area contributed by atoms with Gasteiger partial charge >= 0.3 is 6.18 Å². The number of methoxy groups -OCH3 is 1. The number of nitrogens with zero attached hydrogens (tertiary/aromatic N) is 6. The van der Waals surface area contributed by atoms with Crippen molar-refractivity contribution in [3.05, 3.63) is 176 Å². The zero-order chi connectivity index (χ0) is 53.2. The number of hydrogen-bond donors (Lipinski definition) is 3. The maximum absolute atomic E-state index is 13.5. The molecule has 0 saturated carbocycles. The Kier molecular flexibility index (Phi) is 18.5. The molecule has 13 nitrogen and oxygen atoms in total. The minimum absolute atomic E-state index is 0.109. The van der Waals surface area contributed by atoms with Crippen molar-refractivity contribution in [1.29, 1.82) is 0 Å². The maximum atomic E-state index is 13.5. The van der Waals surface area contributed by atoms with Crippen molar-refractivity contribution in [2.45, 2.75) is 65.8 Å². The summed E-state index contributed by atoms with van der Waals surface area (Å²) in [5, 5.41) is 15.5. The van der Waals surface area contributed by atoms with Crippen LogP contribution in [-0.2, 0) is 25.0 Å². The van der Waals surface area contributed by atoms with E-state index in [1.807, 2.05) is 45.0 Å². The highest BCUT2D eigenvalue weighted by Crippen LogP contribution is 2.33. The second-order valence-electron chi connectivity index (χ2n) is 16.2. The lowest BCUT2D eigenvalue weighted by atomic mass is 10.0. The second kappa shape index (κ2) is 24.1. The summed E-state index contributed by atoms with van der Waals surface area (Å²) in [5.74, 6) is -2.64. The van der Waals surface area contributed by atoms with E-state index in [9.17, 15) is 49.5 Å². The standard InChI is InChI=1S/C19H13F4N3O.C17H20ClF2N3O2.C14H15F2N3O/c1-11-10-12(6-7-14(11)20)13-4-2-3-5-15(13)26-18(27)16-17(19(21,22)23)25-9-8-24-16;1-9-5-6-11(13(18)7-9)15(25-4)10(2)21-17(24)12-8-23(3)22-14(12)16(19)20;1-8-4-5-11(9(2)6-8)17-14(20)10-7-19(3)18-12(10)13(15)16/h2-10H,1H3,(H,26,27);5-8,10,15-16H,1-4H3,(H,21,24);4-7,13H,1-3H3,(H,17,20). The van der Waals surface area contributed by atoms with Gasteiger partial charge < -0.3 is 20.7 Å². The maximum Gasteiger partial charge on any atom is 0.435 e. The van der Waals surface area contributed by atoms with Gasteiger partial charge in [0.2, 0.25) is 0 Å². The van der Waals surface area contributed by atoms with Crippen LogP contribution in [0.5, 0.6) is 0 Å². The van der Waals surface area contributed by atoms with Crippen molar-refractivity contribution in [2.24, 2.45) is 14.1 Å². The molecule has 0 aliphatic carbocycles. The van der Waals surface area contributed by atoms with E-state index in [2.05, 4.69) is 36.1 Å². The molecule has 7 aromatic rings. The molecule has 3 aromatic heterocycles. The summed E-state index contributed by atoms with van der Waals surface area (Å²) in [7, 11) is 4.48. The van der Waals surface area contributed by atoms with Crippen LogP contribution >= 0.6 is 11.6 Å². The monoisotopic (exact) mass is 1030 g/mol. The van der Waals surface area contributed by atoms with Crippen LogP contribution < -0.4 is 16.0 Å². The van der Waals surface area contributed by atoms with Crippen LogP contribution in [-0.4, -0.2) is 60.4 Å². The molecule has 0 saturated heterocycles. The highest BCUT2D eigenvalue weighted by molar-refractivity contribution is 6.31. The molecule has 380 valence electrons. The lowest BCUT2D eigenvalue weighted by Gasteiger charge is -2.25. The van der Waals surface area contributed by atoms with Crippen molar-refractivity contribution < 1.29 is 54.2 Å². The fourth-order valence-electron chi connectivity index (χ4n) is 7.20. The number of ether oxygens (including phenoxy) is 1. The molecule has 0 spiro atoms. The number of carbonyl (C=O) groups is 3. The third kappa shape index (κ3) is 14.1. The summed E-state index contributed by atoms with van der Waals surface area (Å²) < 4.78 is 112. The fraction of sp³-hybridized carbons (Fsp3) is 0.260. The summed E-state index contributed by atoms with van der Waals surface area (Å²) in [6.07, 6.45) is -6.50. The van der Waals surface area contributed by atoms with E-state index in [0.717, 1.165) is 29.1 Å². The first-order valence-electron chi connectivity index (χ1n) is 21.6. The minimum Gasteiger partial charge on any atom is -0.375 e. The molecule has 0 aliphatic heterocycles. The van der Waals surface area contributed by atoms with Gasteiger partial charge in [-0.05, 0) is 87.2 Å². The van der Waals surface area contributed by atoms with Gasteiger partial charge in [-0.15, -0.1) is 0 Å². The van der Waals surface area contributed by atoms with E-state index in [1.54, 1.807) is 50.2 Å². The average Bonchev–Trinajstić information content (AvgIpc) is 3.92. The van der Waals surface area contributed by atoms with Gasteiger partial charge in [-0.1, -0.05) is 65.7 Å². The van der Waals surface area contributed by atoms with Crippen molar-refractivity contribution in [3.63, 3.8) is 0 Å². The normalized spacial score (nSPS) is 12.0. The smallest absolute Gasteiger partial charge is 0.375 e. The Morgan fingerprint density at radius 2 is 1.26 bits per heavy atom. The molecule has 0 bridgehead atoms. The summed E-state index contributed by atoms with van der Waals surface area (Å²) in [6, 6.07) is 21.4. The van der Waals surface area contributed by atoms with Crippen LogP contribution in [0.2, 0.25) is 5.02 Å². The number of benzene rings is 4. The van der Waals surface area contributed by atoms with Gasteiger partial charge in [0.05, 0.1) is 17.2 Å². The Morgan fingerprint density at radius 1 is 0.694 bits per heavy atom. The number of amides is 3. The molecule has 0 aliphatic rings. The fourth-order valence-corrected chi connectivity index (χ4v) is 7.54. The molecule has 72 heavy (non-hydrogen) atoms. The SMILES string of the molecule is COC(c1ccc(C)cc1Cl)C(C)NC(=O)c1cn(C)nc1C(F)F.Cc1cc(-c2ccccc2NC(=O)c2nccnc2C(F)(F)F)ccc1F.Cc1ccc(NC(=O)c2cn(C)nc2C(F)F)c(C)c1. The number of rotatable bonds is 12. The predicted octanol–water partition coefficient (Wildman–Crippen LogP) is 11.9. The Balaban J connectivity index is 0.000000203. The van der Waals surface area contributed by atoms with Crippen LogP contribution in [0.25, 0.3) is 11.1 Å². The number of nitrogens with one attached hydrogen (secondary N) is 3. The molecular formula is C50H48ClF8N9O4. The third-order valence-electron chi connectivity index (χ3n) is 10.6. The van der Waals surface area contributed by atoms with E-state index >= 15 is 0 Å². The zero-order valence-corrected chi connectivity index (χ0v) is 40.6. The molecule has 2 unspecified atom stereocenters. The highest BCUT2D eigenvalue weighted by atomic mass is 35.5. The molecule has 3 N–H and O–H groups in total. The molecular weight excluding hydrogens is 978 g/mol. The molecule has 7 rings (SSSR count). The van der Waals surface area contributed by atoms with Gasteiger partial charge in [-0.25, -0.2) is 31.9 Å². The quantitative estimate of drug-likeness (QED) is 0.102. The first-order valence-corrected chi connectivity index (χ1v) is 21.9. The summed E-state index contributed by atoms with van der Waals surface area (Å²) in [6.45, 7) is 9.02. The van der Waals surface area contributed by atoms with Crippen LogP contribution in [0.1, 0.15) is 102 Å². The number of hydrogen-bond acceptors (Lipinski definition) is 8. The number of para-hydroxylation sites is 1. The molecule has 0 fully saturated rings. The van der Waals surface area contributed by atoms with Crippen molar-refractivity contribution in [3.8, 4) is 11.1 Å². The lowest BCUT2D eigenvalue weighted by Crippen LogP contribution is -2.38. The predicted molar refractivity (Wildman–Crippen MR) is 255 cm³/mol. The number of alkyl halides is 7.